The van der Waals surface area contributed by atoms with Gasteiger partial charge in [-0.25, -0.2) is 4.39 Å². The van der Waals surface area contributed by atoms with E-state index >= 15 is 0 Å². The van der Waals surface area contributed by atoms with E-state index in [1.165, 1.54) is 11.0 Å². The van der Waals surface area contributed by atoms with Gasteiger partial charge in [0.25, 0.3) is 0 Å². The fourth-order valence-corrected chi connectivity index (χ4v) is 3.00. The number of aromatic nitrogens is 4. The number of hydrogen-bond donors (Lipinski definition) is 0. The molecule has 3 heterocycles. The molecule has 0 N–H and O–H groups in total. The Morgan fingerprint density at radius 3 is 2.79 bits per heavy atom. The number of carbonyl (C=O) groups is 1. The number of halogens is 1. The Kier molecular flexibility index (Phi) is 3.48. The lowest BCUT2D eigenvalue weighted by Gasteiger charge is -2.17. The Hall–Kier alpha value is -2.83. The van der Waals surface area contributed by atoms with E-state index in [4.69, 9.17) is 0 Å². The van der Waals surface area contributed by atoms with Crippen LogP contribution in [-0.2, 0) is 11.2 Å². The van der Waals surface area contributed by atoms with Gasteiger partial charge in [-0.1, -0.05) is 13.0 Å². The van der Waals surface area contributed by atoms with Gasteiger partial charge in [-0.2, -0.15) is 9.61 Å². The van der Waals surface area contributed by atoms with Gasteiger partial charge < -0.3 is 4.90 Å². The number of aryl methyl sites for hydroxylation is 1. The van der Waals surface area contributed by atoms with Crippen molar-refractivity contribution in [3.8, 4) is 11.3 Å². The van der Waals surface area contributed by atoms with Crippen molar-refractivity contribution >= 4 is 17.2 Å². The lowest BCUT2D eigenvalue weighted by Crippen LogP contribution is -2.24. The predicted molar refractivity (Wildman–Crippen MR) is 87.1 cm³/mol. The molecule has 24 heavy (non-hydrogen) atoms. The topological polar surface area (TPSA) is 63.4 Å². The second-order valence-corrected chi connectivity index (χ2v) is 5.77. The summed E-state index contributed by atoms with van der Waals surface area (Å²) in [6, 6.07) is 8.45. The molecule has 7 heteroatoms. The van der Waals surface area contributed by atoms with E-state index in [1.807, 2.05) is 13.0 Å². The van der Waals surface area contributed by atoms with Crippen molar-refractivity contribution in [3.05, 3.63) is 42.0 Å². The predicted octanol–water partition coefficient (Wildman–Crippen LogP) is 2.62. The van der Waals surface area contributed by atoms with Crippen LogP contribution in [0.3, 0.4) is 0 Å². The highest BCUT2D eigenvalue weighted by molar-refractivity contribution is 5.95. The van der Waals surface area contributed by atoms with Crippen molar-refractivity contribution in [2.75, 3.05) is 11.4 Å². The number of carbonyl (C=O) groups excluding carboxylic acids is 1. The average Bonchev–Trinajstić information content (AvgIpc) is 3.20. The summed E-state index contributed by atoms with van der Waals surface area (Å²) in [5, 5.41) is 12.6. The van der Waals surface area contributed by atoms with Crippen molar-refractivity contribution in [2.45, 2.75) is 26.2 Å². The summed E-state index contributed by atoms with van der Waals surface area (Å²) in [7, 11) is 0. The summed E-state index contributed by atoms with van der Waals surface area (Å²) in [6.07, 6.45) is 1.96. The Morgan fingerprint density at radius 1 is 1.21 bits per heavy atom. The zero-order valence-corrected chi connectivity index (χ0v) is 13.2. The monoisotopic (exact) mass is 325 g/mol. The fraction of sp³-hybridized carbons (Fsp3) is 0.294. The second kappa shape index (κ2) is 5.67. The fourth-order valence-electron chi connectivity index (χ4n) is 3.00. The van der Waals surface area contributed by atoms with Gasteiger partial charge in [0.1, 0.15) is 5.82 Å². The minimum atomic E-state index is -0.413. The SMILES string of the molecule is CCc1nnc2ccc(-c3ccc(N4CCCC4=O)c(F)c3)nn12. The molecular weight excluding hydrogens is 309 g/mol. The normalized spacial score (nSPS) is 14.8. The maximum Gasteiger partial charge on any atom is 0.227 e. The van der Waals surface area contributed by atoms with Gasteiger partial charge in [0.2, 0.25) is 5.91 Å². The van der Waals surface area contributed by atoms with Crippen LogP contribution >= 0.6 is 0 Å². The molecular formula is C17H16FN5O. The molecule has 2 aromatic heterocycles. The number of nitrogens with zero attached hydrogens (tertiary/aromatic N) is 5. The minimum Gasteiger partial charge on any atom is -0.310 e. The maximum absolute atomic E-state index is 14.5. The third-order valence-electron chi connectivity index (χ3n) is 4.25. The molecule has 0 spiro atoms. The first kappa shape index (κ1) is 14.7. The number of amides is 1. The highest BCUT2D eigenvalue weighted by atomic mass is 19.1. The number of rotatable bonds is 3. The first-order valence-electron chi connectivity index (χ1n) is 7.99. The van der Waals surface area contributed by atoms with Crippen LogP contribution in [0.2, 0.25) is 0 Å². The van der Waals surface area contributed by atoms with Crippen molar-refractivity contribution in [1.29, 1.82) is 0 Å². The first-order valence-corrected chi connectivity index (χ1v) is 7.99. The summed E-state index contributed by atoms with van der Waals surface area (Å²) >= 11 is 0. The molecule has 0 radical (unpaired) electrons. The molecule has 4 rings (SSSR count). The standard InChI is InChI=1S/C17H16FN5O/c1-2-15-19-20-16-8-6-13(21-23(15)16)11-5-7-14(12(18)10-11)22-9-3-4-17(22)24/h5-8,10H,2-4,9H2,1H3. The number of fused-ring (bicyclic) bond motifs is 1. The Morgan fingerprint density at radius 2 is 2.08 bits per heavy atom. The van der Waals surface area contributed by atoms with Crippen LogP contribution in [0.15, 0.2) is 30.3 Å². The van der Waals surface area contributed by atoms with Gasteiger partial charge >= 0.3 is 0 Å². The van der Waals surface area contributed by atoms with E-state index in [0.717, 1.165) is 12.2 Å². The zero-order chi connectivity index (χ0) is 16.7. The molecule has 1 saturated heterocycles. The Bertz CT molecular complexity index is 936. The first-order chi connectivity index (χ1) is 11.7. The summed E-state index contributed by atoms with van der Waals surface area (Å²) in [5.41, 5.74) is 2.28. The van der Waals surface area contributed by atoms with E-state index in [2.05, 4.69) is 15.3 Å². The quantitative estimate of drug-likeness (QED) is 0.742. The van der Waals surface area contributed by atoms with Gasteiger partial charge in [0.15, 0.2) is 11.5 Å². The lowest BCUT2D eigenvalue weighted by molar-refractivity contribution is -0.117. The maximum atomic E-state index is 14.5. The molecule has 0 unspecified atom stereocenters. The summed E-state index contributed by atoms with van der Waals surface area (Å²) in [4.78, 5) is 13.3. The summed E-state index contributed by atoms with van der Waals surface area (Å²) < 4.78 is 16.2. The lowest BCUT2D eigenvalue weighted by atomic mass is 10.1. The summed E-state index contributed by atoms with van der Waals surface area (Å²) in [6.45, 7) is 2.55. The number of hydrogen-bond acceptors (Lipinski definition) is 4. The number of anilines is 1. The van der Waals surface area contributed by atoms with Crippen LogP contribution in [0, 0.1) is 5.82 Å². The van der Waals surface area contributed by atoms with Crippen molar-refractivity contribution in [1.82, 2.24) is 19.8 Å². The van der Waals surface area contributed by atoms with Gasteiger partial charge in [-0.3, -0.25) is 4.79 Å². The van der Waals surface area contributed by atoms with Crippen LogP contribution in [-0.4, -0.2) is 32.3 Å². The van der Waals surface area contributed by atoms with Crippen molar-refractivity contribution in [2.24, 2.45) is 0 Å². The molecule has 1 fully saturated rings. The molecule has 6 nitrogen and oxygen atoms in total. The van der Waals surface area contributed by atoms with E-state index in [9.17, 15) is 9.18 Å². The highest BCUT2D eigenvalue weighted by Gasteiger charge is 2.24. The Balaban J connectivity index is 1.74. The minimum absolute atomic E-state index is 0.0294. The molecule has 1 aliphatic rings. The van der Waals surface area contributed by atoms with Gasteiger partial charge in [0.05, 0.1) is 11.4 Å². The third-order valence-corrected chi connectivity index (χ3v) is 4.25. The van der Waals surface area contributed by atoms with Crippen LogP contribution in [0.4, 0.5) is 10.1 Å². The smallest absolute Gasteiger partial charge is 0.227 e. The third kappa shape index (κ3) is 2.33. The molecule has 0 saturated carbocycles. The zero-order valence-electron chi connectivity index (χ0n) is 13.2. The molecule has 0 aliphatic carbocycles. The second-order valence-electron chi connectivity index (χ2n) is 5.77. The van der Waals surface area contributed by atoms with Crippen LogP contribution in [0.5, 0.6) is 0 Å². The van der Waals surface area contributed by atoms with Crippen LogP contribution < -0.4 is 4.90 Å². The van der Waals surface area contributed by atoms with Crippen LogP contribution in [0.25, 0.3) is 16.9 Å². The van der Waals surface area contributed by atoms with E-state index < -0.39 is 5.82 Å². The highest BCUT2D eigenvalue weighted by Crippen LogP contribution is 2.28. The molecule has 1 aliphatic heterocycles. The Labute approximate surface area is 137 Å². The van der Waals surface area contributed by atoms with E-state index in [1.54, 1.807) is 22.7 Å². The van der Waals surface area contributed by atoms with Gasteiger partial charge in [-0.15, -0.1) is 10.2 Å². The van der Waals surface area contributed by atoms with E-state index in [0.29, 0.717) is 42.0 Å². The molecule has 1 amide bonds. The largest absolute Gasteiger partial charge is 0.310 e. The van der Waals surface area contributed by atoms with Gasteiger partial charge in [-0.05, 0) is 30.7 Å². The summed E-state index contributed by atoms with van der Waals surface area (Å²) in [5.74, 6) is 0.314. The van der Waals surface area contributed by atoms with Gasteiger partial charge in [0, 0.05) is 24.9 Å². The average molecular weight is 325 g/mol. The number of benzene rings is 1. The molecule has 3 aromatic rings. The van der Waals surface area contributed by atoms with Crippen LogP contribution in [0.1, 0.15) is 25.6 Å². The molecule has 122 valence electrons. The molecule has 0 bridgehead atoms. The molecule has 1 aromatic carbocycles. The van der Waals surface area contributed by atoms with E-state index in [-0.39, 0.29) is 5.91 Å². The molecule has 0 atom stereocenters. The van der Waals surface area contributed by atoms with Crippen molar-refractivity contribution < 1.29 is 9.18 Å². The van der Waals surface area contributed by atoms with Crippen molar-refractivity contribution in [3.63, 3.8) is 0 Å².